The zero-order valence-electron chi connectivity index (χ0n) is 9.63. The smallest absolute Gasteiger partial charge is 0.327 e. The van der Waals surface area contributed by atoms with E-state index in [1.807, 2.05) is 31.2 Å². The highest BCUT2D eigenvalue weighted by atomic mass is 32.2. The monoisotopic (exact) mass is 263 g/mol. The van der Waals surface area contributed by atoms with Crippen molar-refractivity contribution >= 4 is 11.8 Å². The summed E-state index contributed by atoms with van der Waals surface area (Å²) in [5.41, 5.74) is 6.80. The first kappa shape index (κ1) is 14.4. The summed E-state index contributed by atoms with van der Waals surface area (Å²) in [5, 5.41) is 0. The Morgan fingerprint density at radius 3 is 2.35 bits per heavy atom. The van der Waals surface area contributed by atoms with E-state index in [9.17, 15) is 13.2 Å². The van der Waals surface area contributed by atoms with Crippen molar-refractivity contribution < 1.29 is 13.2 Å². The van der Waals surface area contributed by atoms with Crippen LogP contribution in [-0.4, -0.2) is 18.0 Å². The molecule has 0 bridgehead atoms. The molecule has 1 nitrogen and oxygen atoms in total. The minimum atomic E-state index is -4.11. The molecule has 1 unspecified atom stereocenters. The van der Waals surface area contributed by atoms with Crippen molar-refractivity contribution in [2.45, 2.75) is 36.9 Å². The molecule has 5 heteroatoms. The van der Waals surface area contributed by atoms with Gasteiger partial charge in [-0.15, -0.1) is 11.8 Å². The van der Waals surface area contributed by atoms with Gasteiger partial charge in [-0.25, -0.2) is 0 Å². The average molecular weight is 263 g/mol. The van der Waals surface area contributed by atoms with Gasteiger partial charge in [-0.05, 0) is 25.5 Å². The molecule has 0 aliphatic rings. The van der Waals surface area contributed by atoms with E-state index in [1.165, 1.54) is 11.8 Å². The minimum absolute atomic E-state index is 0.0115. The fourth-order valence-corrected chi connectivity index (χ4v) is 2.17. The molecule has 0 aliphatic carbocycles. The summed E-state index contributed by atoms with van der Waals surface area (Å²) >= 11 is 1.50. The van der Waals surface area contributed by atoms with E-state index in [0.29, 0.717) is 5.75 Å². The van der Waals surface area contributed by atoms with Gasteiger partial charge in [-0.3, -0.25) is 0 Å². The summed E-state index contributed by atoms with van der Waals surface area (Å²) in [6, 6.07) is 7.45. The molecule has 2 N–H and O–H groups in total. The molecular weight excluding hydrogens is 247 g/mol. The number of hydrogen-bond acceptors (Lipinski definition) is 2. The van der Waals surface area contributed by atoms with Crippen LogP contribution in [0, 0.1) is 6.92 Å². The second-order valence-electron chi connectivity index (χ2n) is 4.04. The first-order valence-electron chi connectivity index (χ1n) is 5.38. The Labute approximate surface area is 104 Å². The molecule has 1 atom stereocenters. The first-order valence-corrected chi connectivity index (χ1v) is 6.37. The highest BCUT2D eigenvalue weighted by Gasteiger charge is 2.27. The van der Waals surface area contributed by atoms with Gasteiger partial charge in [-0.2, -0.15) is 13.2 Å². The van der Waals surface area contributed by atoms with Crippen LogP contribution in [0.4, 0.5) is 13.2 Å². The number of halogens is 3. The van der Waals surface area contributed by atoms with Crippen molar-refractivity contribution in [3.05, 3.63) is 29.8 Å². The second-order valence-corrected chi connectivity index (χ2v) is 5.13. The van der Waals surface area contributed by atoms with Crippen LogP contribution in [0.25, 0.3) is 0 Å². The van der Waals surface area contributed by atoms with Crippen LogP contribution < -0.4 is 5.73 Å². The molecule has 1 aromatic carbocycles. The van der Waals surface area contributed by atoms with Gasteiger partial charge < -0.3 is 5.73 Å². The van der Waals surface area contributed by atoms with Gasteiger partial charge in [0.1, 0.15) is 0 Å². The zero-order valence-corrected chi connectivity index (χ0v) is 10.4. The van der Waals surface area contributed by atoms with Gasteiger partial charge in [0, 0.05) is 23.1 Å². The number of nitrogens with two attached hydrogens (primary N) is 1. The Morgan fingerprint density at radius 2 is 1.82 bits per heavy atom. The van der Waals surface area contributed by atoms with Crippen LogP contribution in [0.2, 0.25) is 0 Å². The maximum Gasteiger partial charge on any atom is 0.389 e. The Kier molecular flexibility index (Phi) is 5.33. The number of hydrogen-bond donors (Lipinski definition) is 1. The van der Waals surface area contributed by atoms with Crippen LogP contribution in [0.3, 0.4) is 0 Å². The maximum absolute atomic E-state index is 12.0. The largest absolute Gasteiger partial charge is 0.389 e. The lowest BCUT2D eigenvalue weighted by molar-refractivity contribution is -0.136. The fourth-order valence-electron chi connectivity index (χ4n) is 1.27. The van der Waals surface area contributed by atoms with E-state index in [-0.39, 0.29) is 6.42 Å². The zero-order chi connectivity index (χ0) is 12.9. The fraction of sp³-hybridized carbons (Fsp3) is 0.500. The van der Waals surface area contributed by atoms with Crippen molar-refractivity contribution in [3.8, 4) is 0 Å². The molecule has 0 heterocycles. The van der Waals surface area contributed by atoms with E-state index < -0.39 is 18.6 Å². The third-order valence-corrected chi connectivity index (χ3v) is 3.48. The molecule has 0 aromatic heterocycles. The third-order valence-electron chi connectivity index (χ3n) is 2.28. The molecule has 0 fully saturated rings. The van der Waals surface area contributed by atoms with Crippen molar-refractivity contribution in [2.75, 3.05) is 5.75 Å². The Bertz CT molecular complexity index is 335. The molecule has 0 saturated carbocycles. The highest BCUT2D eigenvalue weighted by molar-refractivity contribution is 7.99. The van der Waals surface area contributed by atoms with Crippen molar-refractivity contribution in [1.29, 1.82) is 0 Å². The van der Waals surface area contributed by atoms with Crippen molar-refractivity contribution in [3.63, 3.8) is 0 Å². The number of thioether (sulfide) groups is 1. The summed E-state index contributed by atoms with van der Waals surface area (Å²) in [7, 11) is 0. The average Bonchev–Trinajstić information content (AvgIpc) is 2.25. The minimum Gasteiger partial charge on any atom is -0.327 e. The van der Waals surface area contributed by atoms with Gasteiger partial charge in [0.15, 0.2) is 0 Å². The van der Waals surface area contributed by atoms with E-state index >= 15 is 0 Å². The molecule has 1 rings (SSSR count). The standard InChI is InChI=1S/C12H16F3NS/c1-9-2-4-11(5-3-9)17-8-10(16)6-7-12(13,14)15/h2-5,10H,6-8,16H2,1H3. The predicted octanol–water partition coefficient (Wildman–Crippen LogP) is 3.76. The summed E-state index contributed by atoms with van der Waals surface area (Å²) in [4.78, 5) is 1.04. The Balaban J connectivity index is 2.28. The summed E-state index contributed by atoms with van der Waals surface area (Å²) in [5.74, 6) is 0.513. The molecular formula is C12H16F3NS. The maximum atomic E-state index is 12.0. The molecule has 96 valence electrons. The molecule has 0 radical (unpaired) electrons. The van der Waals surface area contributed by atoms with Gasteiger partial charge in [0.05, 0.1) is 0 Å². The lowest BCUT2D eigenvalue weighted by Gasteiger charge is -2.12. The van der Waals surface area contributed by atoms with Gasteiger partial charge >= 0.3 is 6.18 Å². The lowest BCUT2D eigenvalue weighted by atomic mass is 10.2. The van der Waals surface area contributed by atoms with Crippen LogP contribution in [0.1, 0.15) is 18.4 Å². The van der Waals surface area contributed by atoms with Gasteiger partial charge in [0.2, 0.25) is 0 Å². The molecule has 17 heavy (non-hydrogen) atoms. The third kappa shape index (κ3) is 6.58. The number of alkyl halides is 3. The molecule has 1 aromatic rings. The quantitative estimate of drug-likeness (QED) is 0.819. The van der Waals surface area contributed by atoms with Gasteiger partial charge in [0.25, 0.3) is 0 Å². The second kappa shape index (κ2) is 6.31. The summed E-state index contributed by atoms with van der Waals surface area (Å²) < 4.78 is 35.9. The topological polar surface area (TPSA) is 26.0 Å². The molecule has 0 spiro atoms. The summed E-state index contributed by atoms with van der Waals surface area (Å²) in [6.07, 6.45) is -4.92. The van der Waals surface area contributed by atoms with Crippen LogP contribution in [-0.2, 0) is 0 Å². The number of rotatable bonds is 5. The normalized spacial score (nSPS) is 13.7. The molecule has 0 saturated heterocycles. The van der Waals surface area contributed by atoms with E-state index in [1.54, 1.807) is 0 Å². The predicted molar refractivity (Wildman–Crippen MR) is 65.2 cm³/mol. The lowest BCUT2D eigenvalue weighted by Crippen LogP contribution is -2.25. The number of benzene rings is 1. The van der Waals surface area contributed by atoms with Crippen molar-refractivity contribution in [1.82, 2.24) is 0 Å². The first-order chi connectivity index (χ1) is 7.87. The van der Waals surface area contributed by atoms with Crippen LogP contribution >= 0.6 is 11.8 Å². The molecule has 0 amide bonds. The summed E-state index contributed by atoms with van der Waals surface area (Å²) in [6.45, 7) is 1.99. The van der Waals surface area contributed by atoms with E-state index in [4.69, 9.17) is 5.73 Å². The van der Waals surface area contributed by atoms with Gasteiger partial charge in [-0.1, -0.05) is 17.7 Å². The van der Waals surface area contributed by atoms with Crippen LogP contribution in [0.15, 0.2) is 29.2 Å². The van der Waals surface area contributed by atoms with E-state index in [0.717, 1.165) is 10.5 Å². The van der Waals surface area contributed by atoms with E-state index in [2.05, 4.69) is 0 Å². The Hall–Kier alpha value is -0.680. The highest BCUT2D eigenvalue weighted by Crippen LogP contribution is 2.24. The molecule has 0 aliphatic heterocycles. The SMILES string of the molecule is Cc1ccc(SCC(N)CCC(F)(F)F)cc1. The van der Waals surface area contributed by atoms with Crippen LogP contribution in [0.5, 0.6) is 0 Å². The number of aryl methyl sites for hydroxylation is 1. The Morgan fingerprint density at radius 1 is 1.24 bits per heavy atom. The van der Waals surface area contributed by atoms with Crippen molar-refractivity contribution in [2.24, 2.45) is 5.73 Å².